The normalized spacial score (nSPS) is 22.2. The van der Waals surface area contributed by atoms with Crippen LogP contribution in [0.2, 0.25) is 0 Å². The molecule has 1 aliphatic carbocycles. The summed E-state index contributed by atoms with van der Waals surface area (Å²) >= 11 is 0. The molecular weight excluding hydrogens is 234 g/mol. The zero-order valence-electron chi connectivity index (χ0n) is 10.5. The summed E-state index contributed by atoms with van der Waals surface area (Å²) in [7, 11) is 3.23. The van der Waals surface area contributed by atoms with E-state index in [0.717, 1.165) is 19.4 Å². The molecule has 6 heteroatoms. The van der Waals surface area contributed by atoms with Gasteiger partial charge in [0.2, 0.25) is 0 Å². The molecule has 0 bridgehead atoms. The van der Waals surface area contributed by atoms with Crippen molar-refractivity contribution in [3.63, 3.8) is 0 Å². The average molecular weight is 251 g/mol. The fourth-order valence-electron chi connectivity index (χ4n) is 2.06. The van der Waals surface area contributed by atoms with Crippen molar-refractivity contribution < 1.29 is 14.6 Å². The maximum absolute atomic E-state index is 11.2. The summed E-state index contributed by atoms with van der Waals surface area (Å²) in [6.45, 7) is 0.837. The highest BCUT2D eigenvalue weighted by molar-refractivity contribution is 5.86. The van der Waals surface area contributed by atoms with Crippen LogP contribution in [0.3, 0.4) is 0 Å². The first-order valence-electron chi connectivity index (χ1n) is 5.89. The highest BCUT2D eigenvalue weighted by Crippen LogP contribution is 2.28. The van der Waals surface area contributed by atoms with E-state index < -0.39 is 5.97 Å². The van der Waals surface area contributed by atoms with Crippen molar-refractivity contribution >= 4 is 11.8 Å². The Morgan fingerprint density at radius 3 is 2.72 bits per heavy atom. The van der Waals surface area contributed by atoms with E-state index in [9.17, 15) is 9.90 Å². The summed E-state index contributed by atoms with van der Waals surface area (Å²) in [5.74, 6) is 0.731. The van der Waals surface area contributed by atoms with Gasteiger partial charge in [0.15, 0.2) is 5.69 Å². The Morgan fingerprint density at radius 1 is 1.50 bits per heavy atom. The van der Waals surface area contributed by atoms with Gasteiger partial charge in [0.05, 0.1) is 25.6 Å². The van der Waals surface area contributed by atoms with E-state index in [1.807, 2.05) is 11.9 Å². The number of aliphatic hydroxyl groups excluding tert-OH is 1. The van der Waals surface area contributed by atoms with Gasteiger partial charge in [-0.25, -0.2) is 14.8 Å². The van der Waals surface area contributed by atoms with E-state index in [0.29, 0.717) is 11.7 Å². The fourth-order valence-corrected chi connectivity index (χ4v) is 2.06. The number of anilines is 1. The first-order chi connectivity index (χ1) is 8.60. The maximum atomic E-state index is 11.2. The van der Waals surface area contributed by atoms with Crippen LogP contribution in [0.5, 0.6) is 0 Å². The Morgan fingerprint density at radius 2 is 2.22 bits per heavy atom. The molecule has 0 saturated heterocycles. The lowest BCUT2D eigenvalue weighted by Gasteiger charge is -2.34. The molecule has 0 spiro atoms. The first kappa shape index (κ1) is 12.8. The summed E-state index contributed by atoms with van der Waals surface area (Å²) < 4.78 is 4.56. The van der Waals surface area contributed by atoms with Gasteiger partial charge in [-0.05, 0) is 18.8 Å². The lowest BCUT2D eigenvalue weighted by molar-refractivity contribution is 0.0463. The van der Waals surface area contributed by atoms with E-state index in [4.69, 9.17) is 0 Å². The fraction of sp³-hybridized carbons (Fsp3) is 0.583. The molecular formula is C12H17N3O3. The van der Waals surface area contributed by atoms with E-state index >= 15 is 0 Å². The van der Waals surface area contributed by atoms with E-state index in [-0.39, 0.29) is 11.8 Å². The zero-order valence-corrected chi connectivity index (χ0v) is 10.5. The lowest BCUT2D eigenvalue weighted by atomic mass is 9.82. The molecule has 1 heterocycles. The van der Waals surface area contributed by atoms with Crippen LogP contribution in [0, 0.1) is 5.92 Å². The second-order valence-electron chi connectivity index (χ2n) is 4.62. The number of carbonyl (C=O) groups excluding carboxylic acids is 1. The van der Waals surface area contributed by atoms with Crippen molar-refractivity contribution in [3.05, 3.63) is 18.1 Å². The van der Waals surface area contributed by atoms with Crippen LogP contribution >= 0.6 is 0 Å². The molecule has 1 N–H and O–H groups in total. The number of ether oxygens (including phenoxy) is 1. The smallest absolute Gasteiger partial charge is 0.358 e. The highest BCUT2D eigenvalue weighted by Gasteiger charge is 2.28. The van der Waals surface area contributed by atoms with Crippen molar-refractivity contribution in [3.8, 4) is 0 Å². The maximum Gasteiger partial charge on any atom is 0.358 e. The average Bonchev–Trinajstić information content (AvgIpc) is 2.36. The number of nitrogens with zero attached hydrogens (tertiary/aromatic N) is 3. The van der Waals surface area contributed by atoms with Crippen molar-refractivity contribution in [2.75, 3.05) is 25.6 Å². The van der Waals surface area contributed by atoms with Crippen LogP contribution in [0.4, 0.5) is 5.82 Å². The Bertz CT molecular complexity index is 415. The molecule has 0 radical (unpaired) electrons. The second-order valence-corrected chi connectivity index (χ2v) is 4.62. The number of methoxy groups -OCH3 is 1. The monoisotopic (exact) mass is 251 g/mol. The molecule has 1 aliphatic rings. The van der Waals surface area contributed by atoms with Gasteiger partial charge in [-0.1, -0.05) is 0 Å². The molecule has 0 aromatic carbocycles. The van der Waals surface area contributed by atoms with Crippen LogP contribution in [0.15, 0.2) is 12.4 Å². The molecule has 6 nitrogen and oxygen atoms in total. The van der Waals surface area contributed by atoms with Crippen LogP contribution in [-0.2, 0) is 4.74 Å². The predicted octanol–water partition coefficient (Wildman–Crippen LogP) is 0.470. The summed E-state index contributed by atoms with van der Waals surface area (Å²) in [5.41, 5.74) is 0.203. The van der Waals surface area contributed by atoms with Gasteiger partial charge in [-0.3, -0.25) is 0 Å². The number of hydrogen-bond acceptors (Lipinski definition) is 6. The summed E-state index contributed by atoms with van der Waals surface area (Å²) in [6, 6.07) is 0. The van der Waals surface area contributed by atoms with Crippen LogP contribution in [-0.4, -0.2) is 47.8 Å². The second kappa shape index (κ2) is 5.30. The summed E-state index contributed by atoms with van der Waals surface area (Å²) in [5, 5.41) is 9.23. The lowest BCUT2D eigenvalue weighted by Crippen LogP contribution is -2.37. The van der Waals surface area contributed by atoms with Gasteiger partial charge in [0.1, 0.15) is 5.82 Å². The number of hydrogen-bond donors (Lipinski definition) is 1. The number of aliphatic hydroxyl groups is 1. The molecule has 0 aliphatic heterocycles. The minimum Gasteiger partial charge on any atom is -0.464 e. The zero-order chi connectivity index (χ0) is 13.1. The molecule has 0 atom stereocenters. The third-order valence-electron chi connectivity index (χ3n) is 3.17. The minimum atomic E-state index is -0.487. The molecule has 98 valence electrons. The van der Waals surface area contributed by atoms with Gasteiger partial charge in [0, 0.05) is 13.6 Å². The standard InChI is InChI=1S/C12H17N3O3/c1-15(7-8-3-9(16)4-8)11-6-13-10(5-14-11)12(17)18-2/h5-6,8-9,16H,3-4,7H2,1-2H3. The quantitative estimate of drug-likeness (QED) is 0.784. The molecule has 18 heavy (non-hydrogen) atoms. The molecule has 2 rings (SSSR count). The van der Waals surface area contributed by atoms with E-state index in [2.05, 4.69) is 14.7 Å². The van der Waals surface area contributed by atoms with E-state index in [1.165, 1.54) is 13.3 Å². The Hall–Kier alpha value is -1.69. The Kier molecular flexibility index (Phi) is 3.76. The van der Waals surface area contributed by atoms with Crippen molar-refractivity contribution in [2.45, 2.75) is 18.9 Å². The molecule has 1 saturated carbocycles. The van der Waals surface area contributed by atoms with Gasteiger partial charge in [-0.15, -0.1) is 0 Å². The molecule has 1 aromatic rings. The summed E-state index contributed by atoms with van der Waals surface area (Å²) in [4.78, 5) is 21.4. The largest absolute Gasteiger partial charge is 0.464 e. The minimum absolute atomic E-state index is 0.142. The molecule has 1 fully saturated rings. The first-order valence-corrected chi connectivity index (χ1v) is 5.89. The van der Waals surface area contributed by atoms with Crippen molar-refractivity contribution in [1.29, 1.82) is 0 Å². The molecule has 1 aromatic heterocycles. The summed E-state index contributed by atoms with van der Waals surface area (Å²) in [6.07, 6.45) is 4.51. The number of rotatable bonds is 4. The molecule has 0 amide bonds. The Labute approximate surface area is 106 Å². The van der Waals surface area contributed by atoms with Gasteiger partial charge < -0.3 is 14.7 Å². The number of aromatic nitrogens is 2. The topological polar surface area (TPSA) is 75.5 Å². The van der Waals surface area contributed by atoms with Crippen LogP contribution < -0.4 is 4.90 Å². The molecule has 0 unspecified atom stereocenters. The SMILES string of the molecule is COC(=O)c1cnc(N(C)CC2CC(O)C2)cn1. The van der Waals surface area contributed by atoms with Gasteiger partial charge in [0.25, 0.3) is 0 Å². The number of carbonyl (C=O) groups is 1. The highest BCUT2D eigenvalue weighted by atomic mass is 16.5. The third kappa shape index (κ3) is 2.76. The van der Waals surface area contributed by atoms with Gasteiger partial charge >= 0.3 is 5.97 Å². The van der Waals surface area contributed by atoms with Crippen LogP contribution in [0.25, 0.3) is 0 Å². The van der Waals surface area contributed by atoms with Crippen molar-refractivity contribution in [2.24, 2.45) is 5.92 Å². The van der Waals surface area contributed by atoms with Crippen molar-refractivity contribution in [1.82, 2.24) is 9.97 Å². The van der Waals surface area contributed by atoms with Gasteiger partial charge in [-0.2, -0.15) is 0 Å². The van der Waals surface area contributed by atoms with E-state index in [1.54, 1.807) is 6.20 Å². The van der Waals surface area contributed by atoms with Crippen LogP contribution in [0.1, 0.15) is 23.3 Å². The predicted molar refractivity (Wildman–Crippen MR) is 65.4 cm³/mol. The third-order valence-corrected chi connectivity index (χ3v) is 3.17. The number of esters is 1. The Balaban J connectivity index is 1.94.